The summed E-state index contributed by atoms with van der Waals surface area (Å²) in [5.74, 6) is 0. The van der Waals surface area contributed by atoms with E-state index in [-0.39, 0.29) is 0 Å². The Kier molecular flexibility index (Phi) is 11.7. The van der Waals surface area contributed by atoms with Gasteiger partial charge < -0.3 is 4.90 Å². The van der Waals surface area contributed by atoms with Crippen LogP contribution in [-0.4, -0.2) is 25.0 Å². The van der Waals surface area contributed by atoms with Gasteiger partial charge in [0.05, 0.1) is 0 Å². The molecule has 1 aliphatic heterocycles. The number of likely N-dealkylation sites (N-methyl/N-ethyl adjacent to an activating group) is 1. The normalized spacial score (nSPS) is 15.4. The van der Waals surface area contributed by atoms with Gasteiger partial charge in [-0.05, 0) is 31.5 Å². The summed E-state index contributed by atoms with van der Waals surface area (Å²) in [6.07, 6.45) is 3.08. The Bertz CT molecular complexity index is 236. The molecule has 0 bridgehead atoms. The first-order valence-electron chi connectivity index (χ1n) is 6.34. The smallest absolute Gasteiger partial charge is 0.0235 e. The number of nitrogens with zero attached hydrogens (tertiary/aromatic N) is 1. The molecule has 1 nitrogen and oxygen atoms in total. The quantitative estimate of drug-likeness (QED) is 0.669. The summed E-state index contributed by atoms with van der Waals surface area (Å²) >= 11 is 0. The molecule has 0 aliphatic carbocycles. The SMILES string of the molecule is C=CC1=C(C(=C)C)CN(C)CC1.CC.CC. The van der Waals surface area contributed by atoms with E-state index in [2.05, 4.69) is 32.0 Å². The first kappa shape index (κ1) is 17.6. The van der Waals surface area contributed by atoms with Crippen molar-refractivity contribution in [2.45, 2.75) is 41.0 Å². The molecular formula is C15H29N. The molecule has 0 aromatic rings. The van der Waals surface area contributed by atoms with E-state index in [0.29, 0.717) is 0 Å². The van der Waals surface area contributed by atoms with E-state index < -0.39 is 0 Å². The van der Waals surface area contributed by atoms with E-state index in [1.54, 1.807) is 0 Å². The Morgan fingerprint density at radius 1 is 1.25 bits per heavy atom. The molecule has 1 heteroatoms. The summed E-state index contributed by atoms with van der Waals surface area (Å²) in [5.41, 5.74) is 3.93. The molecule has 0 aromatic carbocycles. The van der Waals surface area contributed by atoms with Crippen molar-refractivity contribution in [2.75, 3.05) is 20.1 Å². The second kappa shape index (κ2) is 10.7. The maximum absolute atomic E-state index is 3.98. The van der Waals surface area contributed by atoms with Gasteiger partial charge in [0.25, 0.3) is 0 Å². The highest BCUT2D eigenvalue weighted by Gasteiger charge is 2.13. The molecular weight excluding hydrogens is 194 g/mol. The van der Waals surface area contributed by atoms with Crippen LogP contribution in [0.2, 0.25) is 0 Å². The van der Waals surface area contributed by atoms with Crippen LogP contribution < -0.4 is 0 Å². The molecule has 0 unspecified atom stereocenters. The number of hydrogen-bond donors (Lipinski definition) is 0. The van der Waals surface area contributed by atoms with E-state index in [9.17, 15) is 0 Å². The fourth-order valence-electron chi connectivity index (χ4n) is 1.55. The van der Waals surface area contributed by atoms with Gasteiger partial charge in [0, 0.05) is 13.1 Å². The molecule has 0 saturated heterocycles. The summed E-state index contributed by atoms with van der Waals surface area (Å²) in [4.78, 5) is 2.32. The minimum atomic E-state index is 1.02. The minimum absolute atomic E-state index is 1.02. The lowest BCUT2D eigenvalue weighted by Gasteiger charge is -2.26. The number of rotatable bonds is 2. The molecule has 0 aromatic heterocycles. The van der Waals surface area contributed by atoms with Crippen molar-refractivity contribution in [3.63, 3.8) is 0 Å². The van der Waals surface area contributed by atoms with Crippen molar-refractivity contribution in [1.82, 2.24) is 4.90 Å². The van der Waals surface area contributed by atoms with Gasteiger partial charge in [-0.1, -0.05) is 52.5 Å². The van der Waals surface area contributed by atoms with Gasteiger partial charge >= 0.3 is 0 Å². The van der Waals surface area contributed by atoms with Crippen molar-refractivity contribution >= 4 is 0 Å². The van der Waals surface area contributed by atoms with Gasteiger partial charge in [-0.3, -0.25) is 0 Å². The van der Waals surface area contributed by atoms with Gasteiger partial charge in [0.1, 0.15) is 0 Å². The molecule has 1 rings (SSSR count). The van der Waals surface area contributed by atoms with Crippen LogP contribution in [0.1, 0.15) is 41.0 Å². The molecule has 0 radical (unpaired) electrons. The van der Waals surface area contributed by atoms with Gasteiger partial charge in [-0.2, -0.15) is 0 Å². The lowest BCUT2D eigenvalue weighted by atomic mass is 9.96. The van der Waals surface area contributed by atoms with Gasteiger partial charge in [0.15, 0.2) is 0 Å². The zero-order valence-corrected chi connectivity index (χ0v) is 12.1. The molecule has 94 valence electrons. The summed E-state index contributed by atoms with van der Waals surface area (Å²) in [5, 5.41) is 0. The van der Waals surface area contributed by atoms with Gasteiger partial charge in [0.2, 0.25) is 0 Å². The van der Waals surface area contributed by atoms with Crippen molar-refractivity contribution < 1.29 is 0 Å². The fourth-order valence-corrected chi connectivity index (χ4v) is 1.55. The first-order valence-corrected chi connectivity index (χ1v) is 6.34. The monoisotopic (exact) mass is 223 g/mol. The Morgan fingerprint density at radius 2 is 1.75 bits per heavy atom. The van der Waals surface area contributed by atoms with Crippen LogP contribution in [0.4, 0.5) is 0 Å². The second-order valence-corrected chi connectivity index (χ2v) is 3.48. The van der Waals surface area contributed by atoms with E-state index >= 15 is 0 Å². The molecule has 0 amide bonds. The summed E-state index contributed by atoms with van der Waals surface area (Å²) in [6, 6.07) is 0. The summed E-state index contributed by atoms with van der Waals surface area (Å²) < 4.78 is 0. The predicted molar refractivity (Wildman–Crippen MR) is 76.8 cm³/mol. The highest BCUT2D eigenvalue weighted by Crippen LogP contribution is 2.22. The van der Waals surface area contributed by atoms with Crippen molar-refractivity contribution in [2.24, 2.45) is 0 Å². The lowest BCUT2D eigenvalue weighted by Crippen LogP contribution is -2.27. The van der Waals surface area contributed by atoms with Crippen LogP contribution in [-0.2, 0) is 0 Å². The van der Waals surface area contributed by atoms with Crippen LogP contribution in [0.15, 0.2) is 36.0 Å². The molecule has 0 fully saturated rings. The lowest BCUT2D eigenvalue weighted by molar-refractivity contribution is 0.352. The van der Waals surface area contributed by atoms with Crippen LogP contribution in [0, 0.1) is 0 Å². The maximum Gasteiger partial charge on any atom is 0.0235 e. The Balaban J connectivity index is 0. The molecule has 1 heterocycles. The van der Waals surface area contributed by atoms with Gasteiger partial charge in [-0.25, -0.2) is 0 Å². The second-order valence-electron chi connectivity index (χ2n) is 3.48. The van der Waals surface area contributed by atoms with Crippen molar-refractivity contribution in [3.8, 4) is 0 Å². The van der Waals surface area contributed by atoms with E-state index in [1.165, 1.54) is 16.7 Å². The van der Waals surface area contributed by atoms with Crippen LogP contribution in [0.25, 0.3) is 0 Å². The zero-order valence-electron chi connectivity index (χ0n) is 12.1. The van der Waals surface area contributed by atoms with E-state index in [4.69, 9.17) is 0 Å². The molecule has 0 atom stereocenters. The third-order valence-corrected chi connectivity index (χ3v) is 2.34. The molecule has 0 spiro atoms. The van der Waals surface area contributed by atoms with Gasteiger partial charge in [-0.15, -0.1) is 0 Å². The topological polar surface area (TPSA) is 3.24 Å². The Labute approximate surface area is 103 Å². The Morgan fingerprint density at radius 3 is 2.12 bits per heavy atom. The van der Waals surface area contributed by atoms with Crippen LogP contribution in [0.3, 0.4) is 0 Å². The zero-order chi connectivity index (χ0) is 13.1. The minimum Gasteiger partial charge on any atom is -0.302 e. The van der Waals surface area contributed by atoms with Crippen molar-refractivity contribution in [1.29, 1.82) is 0 Å². The molecule has 0 N–H and O–H groups in total. The van der Waals surface area contributed by atoms with Crippen LogP contribution >= 0.6 is 0 Å². The molecule has 16 heavy (non-hydrogen) atoms. The highest BCUT2D eigenvalue weighted by molar-refractivity contribution is 5.39. The highest BCUT2D eigenvalue weighted by atomic mass is 15.1. The molecule has 1 aliphatic rings. The summed E-state index contributed by atoms with van der Waals surface area (Å²) in [6.45, 7) is 20.0. The number of allylic oxidation sites excluding steroid dienone is 1. The third kappa shape index (κ3) is 5.92. The summed E-state index contributed by atoms with van der Waals surface area (Å²) in [7, 11) is 2.14. The largest absolute Gasteiger partial charge is 0.302 e. The maximum atomic E-state index is 3.98. The van der Waals surface area contributed by atoms with E-state index in [0.717, 1.165) is 19.5 Å². The van der Waals surface area contributed by atoms with Crippen LogP contribution in [0.5, 0.6) is 0 Å². The number of hydrogen-bond acceptors (Lipinski definition) is 1. The Hall–Kier alpha value is -0.820. The average Bonchev–Trinajstić information content (AvgIpc) is 2.34. The van der Waals surface area contributed by atoms with E-state index in [1.807, 2.05) is 33.8 Å². The predicted octanol–water partition coefficient (Wildman–Crippen LogP) is 4.43. The fraction of sp³-hybridized carbons (Fsp3) is 0.600. The standard InChI is InChI=1S/C11H17N.2C2H6/c1-5-10-6-7-12(4)8-11(10)9(2)3;2*1-2/h5H,1-2,6-8H2,3-4H3;2*1-2H3. The first-order chi connectivity index (χ1) is 7.65. The average molecular weight is 223 g/mol. The third-order valence-electron chi connectivity index (χ3n) is 2.34. The van der Waals surface area contributed by atoms with Crippen molar-refractivity contribution in [3.05, 3.63) is 36.0 Å². The molecule has 0 saturated carbocycles.